The summed E-state index contributed by atoms with van der Waals surface area (Å²) in [5.41, 5.74) is 3.48. The average molecular weight is 584 g/mol. The maximum absolute atomic E-state index is 13.4. The van der Waals surface area contributed by atoms with Crippen LogP contribution in [0.4, 0.5) is 30.8 Å². The van der Waals surface area contributed by atoms with Crippen LogP contribution in [-0.4, -0.2) is 20.6 Å². The molecule has 186 valence electrons. The number of hydrogen-bond donors (Lipinski definition) is 3. The molecule has 2 amide bonds. The Morgan fingerprint density at radius 3 is 2.49 bits per heavy atom. The number of carbonyl (C=O) groups is 1. The highest BCUT2D eigenvalue weighted by Gasteiger charge is 2.13. The van der Waals surface area contributed by atoms with Crippen LogP contribution in [0.5, 0.6) is 0 Å². The maximum Gasteiger partial charge on any atom is 0.323 e. The summed E-state index contributed by atoms with van der Waals surface area (Å²) < 4.78 is 29.2. The molecular formula is C26H18BrClF2N6O. The summed E-state index contributed by atoms with van der Waals surface area (Å²) in [5.74, 6) is -0.874. The Morgan fingerprint density at radius 1 is 0.946 bits per heavy atom. The zero-order chi connectivity index (χ0) is 25.9. The van der Waals surface area contributed by atoms with Gasteiger partial charge in [-0.3, -0.25) is 0 Å². The molecule has 5 aromatic rings. The van der Waals surface area contributed by atoms with E-state index in [1.54, 1.807) is 35.0 Å². The van der Waals surface area contributed by atoms with Crippen molar-refractivity contribution in [2.24, 2.45) is 0 Å². The number of hydrogen-bond acceptors (Lipinski definition) is 4. The van der Waals surface area contributed by atoms with Crippen molar-refractivity contribution in [2.75, 3.05) is 16.0 Å². The van der Waals surface area contributed by atoms with E-state index in [1.807, 2.05) is 30.3 Å². The topological polar surface area (TPSA) is 83.4 Å². The molecule has 0 spiro atoms. The van der Waals surface area contributed by atoms with Gasteiger partial charge in [-0.15, -0.1) is 0 Å². The van der Waals surface area contributed by atoms with Crippen LogP contribution < -0.4 is 16.0 Å². The van der Waals surface area contributed by atoms with Gasteiger partial charge in [-0.2, -0.15) is 9.61 Å². The van der Waals surface area contributed by atoms with Crippen LogP contribution in [0.3, 0.4) is 0 Å². The van der Waals surface area contributed by atoms with Crippen LogP contribution in [0.15, 0.2) is 83.5 Å². The lowest BCUT2D eigenvalue weighted by atomic mass is 10.1. The number of rotatable bonds is 6. The molecule has 5 rings (SSSR count). The van der Waals surface area contributed by atoms with Gasteiger partial charge in [0.05, 0.1) is 16.4 Å². The standard InChI is InChI=1S/C26H18BrClF2N6O/c27-21-14-32-36-24(12-23(35-25(21)36)20-6-1-2-7-22(20)28)31-13-15-4-3-5-18(8-15)33-26(37)34-19-10-16(29)9-17(30)11-19/h1-12,14,31H,13H2,(H2,33,34,37). The molecule has 2 aromatic heterocycles. The summed E-state index contributed by atoms with van der Waals surface area (Å²) in [6.45, 7) is 0.408. The van der Waals surface area contributed by atoms with Gasteiger partial charge in [0.2, 0.25) is 0 Å². The molecule has 0 unspecified atom stereocenters. The number of nitrogens with one attached hydrogen (secondary N) is 3. The quantitative estimate of drug-likeness (QED) is 0.195. The van der Waals surface area contributed by atoms with E-state index in [1.165, 1.54) is 0 Å². The van der Waals surface area contributed by atoms with Gasteiger partial charge >= 0.3 is 6.03 Å². The van der Waals surface area contributed by atoms with Crippen molar-refractivity contribution < 1.29 is 13.6 Å². The number of nitrogens with zero attached hydrogens (tertiary/aromatic N) is 3. The number of benzene rings is 3. The molecule has 0 atom stereocenters. The smallest absolute Gasteiger partial charge is 0.323 e. The van der Waals surface area contributed by atoms with Crippen molar-refractivity contribution >= 4 is 56.4 Å². The summed E-state index contributed by atoms with van der Waals surface area (Å²) in [6.07, 6.45) is 1.66. The SMILES string of the molecule is O=C(Nc1cc(F)cc(F)c1)Nc1cccc(CNc2cc(-c3ccccc3Cl)nc3c(Br)cnn23)c1. The summed E-state index contributed by atoms with van der Waals surface area (Å²) in [4.78, 5) is 17.0. The molecule has 0 saturated carbocycles. The van der Waals surface area contributed by atoms with Crippen LogP contribution in [0, 0.1) is 11.6 Å². The number of fused-ring (bicyclic) bond motifs is 1. The van der Waals surface area contributed by atoms with E-state index in [0.717, 1.165) is 33.8 Å². The van der Waals surface area contributed by atoms with Crippen molar-refractivity contribution in [3.05, 3.63) is 106 Å². The lowest BCUT2D eigenvalue weighted by Crippen LogP contribution is -2.19. The Kier molecular flexibility index (Phi) is 7.02. The van der Waals surface area contributed by atoms with Crippen molar-refractivity contribution in [2.45, 2.75) is 6.54 Å². The van der Waals surface area contributed by atoms with E-state index >= 15 is 0 Å². The molecule has 0 aliphatic carbocycles. The molecule has 0 aliphatic heterocycles. The van der Waals surface area contributed by atoms with Crippen LogP contribution in [0.2, 0.25) is 5.02 Å². The highest BCUT2D eigenvalue weighted by Crippen LogP contribution is 2.30. The fourth-order valence-corrected chi connectivity index (χ4v) is 4.32. The second kappa shape index (κ2) is 10.5. The minimum Gasteiger partial charge on any atom is -0.366 e. The molecular weight excluding hydrogens is 566 g/mol. The Balaban J connectivity index is 1.33. The third-order valence-electron chi connectivity index (χ3n) is 5.36. The monoisotopic (exact) mass is 582 g/mol. The third kappa shape index (κ3) is 5.71. The van der Waals surface area contributed by atoms with Gasteiger partial charge in [0.25, 0.3) is 0 Å². The van der Waals surface area contributed by atoms with E-state index in [9.17, 15) is 13.6 Å². The summed E-state index contributed by atoms with van der Waals surface area (Å²) in [5, 5.41) is 13.4. The summed E-state index contributed by atoms with van der Waals surface area (Å²) >= 11 is 9.89. The van der Waals surface area contributed by atoms with Gasteiger partial charge < -0.3 is 16.0 Å². The zero-order valence-corrected chi connectivity index (χ0v) is 21.3. The molecule has 3 N–H and O–H groups in total. The number of aromatic nitrogens is 3. The highest BCUT2D eigenvalue weighted by molar-refractivity contribution is 9.10. The first-order valence-corrected chi connectivity index (χ1v) is 12.2. The third-order valence-corrected chi connectivity index (χ3v) is 6.25. The number of anilines is 3. The lowest BCUT2D eigenvalue weighted by Gasteiger charge is -2.13. The normalized spacial score (nSPS) is 10.9. The largest absolute Gasteiger partial charge is 0.366 e. The molecule has 0 fully saturated rings. The molecule has 37 heavy (non-hydrogen) atoms. The van der Waals surface area contributed by atoms with Crippen LogP contribution in [0.1, 0.15) is 5.56 Å². The van der Waals surface area contributed by atoms with E-state index in [0.29, 0.717) is 34.4 Å². The number of halogens is 4. The lowest BCUT2D eigenvalue weighted by molar-refractivity contribution is 0.262. The Morgan fingerprint density at radius 2 is 1.70 bits per heavy atom. The van der Waals surface area contributed by atoms with Crippen molar-refractivity contribution in [1.29, 1.82) is 0 Å². The highest BCUT2D eigenvalue weighted by atomic mass is 79.9. The number of amides is 2. The Labute approximate surface area is 223 Å². The second-order valence-corrected chi connectivity index (χ2v) is 9.29. The summed E-state index contributed by atoms with van der Waals surface area (Å²) in [6, 6.07) is 18.7. The first-order chi connectivity index (χ1) is 17.9. The predicted octanol–water partition coefficient (Wildman–Crippen LogP) is 7.35. The summed E-state index contributed by atoms with van der Waals surface area (Å²) in [7, 11) is 0. The van der Waals surface area contributed by atoms with E-state index in [2.05, 4.69) is 37.0 Å². The zero-order valence-electron chi connectivity index (χ0n) is 19.0. The van der Waals surface area contributed by atoms with Crippen LogP contribution >= 0.6 is 27.5 Å². The Hall–Kier alpha value is -4.02. The van der Waals surface area contributed by atoms with Crippen molar-refractivity contribution in [3.63, 3.8) is 0 Å². The number of urea groups is 1. The first-order valence-electron chi connectivity index (χ1n) is 11.0. The first kappa shape index (κ1) is 24.7. The van der Waals surface area contributed by atoms with Gasteiger partial charge in [0, 0.05) is 40.6 Å². The minimum absolute atomic E-state index is 0.00855. The van der Waals surface area contributed by atoms with Gasteiger partial charge in [0.15, 0.2) is 5.65 Å². The van der Waals surface area contributed by atoms with Gasteiger partial charge in [-0.05, 0) is 51.8 Å². The average Bonchev–Trinajstić information content (AvgIpc) is 3.23. The van der Waals surface area contributed by atoms with E-state index < -0.39 is 17.7 Å². The molecule has 3 aromatic carbocycles. The van der Waals surface area contributed by atoms with E-state index in [4.69, 9.17) is 16.6 Å². The second-order valence-electron chi connectivity index (χ2n) is 8.03. The van der Waals surface area contributed by atoms with Gasteiger partial charge in [-0.1, -0.05) is 41.9 Å². The van der Waals surface area contributed by atoms with Crippen molar-refractivity contribution in [3.8, 4) is 11.3 Å². The molecule has 0 saturated heterocycles. The maximum atomic E-state index is 13.4. The molecule has 11 heteroatoms. The molecule has 0 bridgehead atoms. The van der Waals surface area contributed by atoms with Gasteiger partial charge in [0.1, 0.15) is 17.5 Å². The van der Waals surface area contributed by atoms with Crippen molar-refractivity contribution in [1.82, 2.24) is 14.6 Å². The predicted molar refractivity (Wildman–Crippen MR) is 144 cm³/mol. The van der Waals surface area contributed by atoms with E-state index in [-0.39, 0.29) is 5.69 Å². The Bertz CT molecular complexity index is 1610. The van der Waals surface area contributed by atoms with Crippen LogP contribution in [-0.2, 0) is 6.54 Å². The van der Waals surface area contributed by atoms with Crippen LogP contribution in [0.25, 0.3) is 16.9 Å². The number of carbonyl (C=O) groups excluding carboxylic acids is 1. The molecule has 0 radical (unpaired) electrons. The molecule has 2 heterocycles. The fourth-order valence-electron chi connectivity index (χ4n) is 3.74. The van der Waals surface area contributed by atoms with Gasteiger partial charge in [-0.25, -0.2) is 18.6 Å². The molecule has 7 nitrogen and oxygen atoms in total. The fraction of sp³-hybridized carbons (Fsp3) is 0.0385. The molecule has 0 aliphatic rings. The minimum atomic E-state index is -0.782.